The molecule has 1 aromatic rings. The average molecular weight is 299 g/mol. The lowest BCUT2D eigenvalue weighted by molar-refractivity contribution is 0.223. The van der Waals surface area contributed by atoms with Gasteiger partial charge in [0.15, 0.2) is 0 Å². The normalized spacial score (nSPS) is 20.7. The van der Waals surface area contributed by atoms with Gasteiger partial charge in [-0.25, -0.2) is 18.1 Å². The molecule has 0 aromatic carbocycles. The fraction of sp³-hybridized carbons (Fsp3) is 0.615. The Morgan fingerprint density at radius 3 is 2.85 bits per heavy atom. The molecule has 112 valence electrons. The largest absolute Gasteiger partial charge is 0.396 e. The number of hydrogen-bond acceptors (Lipinski definition) is 5. The molecule has 0 amide bonds. The molecule has 0 bridgehead atoms. The summed E-state index contributed by atoms with van der Waals surface area (Å²) in [5.74, 6) is 1.03. The quantitative estimate of drug-likeness (QED) is 0.850. The summed E-state index contributed by atoms with van der Waals surface area (Å²) in [6.45, 7) is 1.84. The van der Waals surface area contributed by atoms with Gasteiger partial charge in [0, 0.05) is 25.9 Å². The van der Waals surface area contributed by atoms with Crippen LogP contribution in [-0.2, 0) is 10.0 Å². The van der Waals surface area contributed by atoms with E-state index in [1.165, 1.54) is 13.2 Å². The highest BCUT2D eigenvalue weighted by molar-refractivity contribution is 7.89. The number of aromatic nitrogens is 1. The molecule has 1 aliphatic rings. The minimum atomic E-state index is -3.44. The van der Waals surface area contributed by atoms with Crippen LogP contribution in [0, 0.1) is 5.92 Å². The van der Waals surface area contributed by atoms with E-state index in [0.717, 1.165) is 38.2 Å². The van der Waals surface area contributed by atoms with E-state index >= 15 is 0 Å². The van der Waals surface area contributed by atoms with Crippen molar-refractivity contribution >= 4 is 15.8 Å². The molecule has 0 radical (unpaired) electrons. The standard InChI is InChI=1S/C13H21N3O3S/c1-14-20(18,19)12-5-6-13(15-8-12)16-7-3-2-4-11(9-16)10-17/h5-6,8,11,14,17H,2-4,7,9-10H2,1H3. The van der Waals surface area contributed by atoms with E-state index in [-0.39, 0.29) is 17.4 Å². The van der Waals surface area contributed by atoms with E-state index in [1.807, 2.05) is 0 Å². The predicted molar refractivity (Wildman–Crippen MR) is 77.1 cm³/mol. The van der Waals surface area contributed by atoms with Crippen molar-refractivity contribution in [2.75, 3.05) is 31.6 Å². The number of aliphatic hydroxyl groups excluding tert-OH is 1. The van der Waals surface area contributed by atoms with Crippen LogP contribution in [-0.4, -0.2) is 45.3 Å². The number of aliphatic hydroxyl groups is 1. The lowest BCUT2D eigenvalue weighted by Gasteiger charge is -2.24. The molecule has 0 aliphatic carbocycles. The van der Waals surface area contributed by atoms with Gasteiger partial charge in [0.05, 0.1) is 0 Å². The first kappa shape index (κ1) is 15.2. The highest BCUT2D eigenvalue weighted by atomic mass is 32.2. The average Bonchev–Trinajstić information content (AvgIpc) is 2.73. The first-order valence-electron chi connectivity index (χ1n) is 6.82. The van der Waals surface area contributed by atoms with Gasteiger partial charge in [0.1, 0.15) is 10.7 Å². The Hall–Kier alpha value is -1.18. The molecule has 1 atom stereocenters. The summed E-state index contributed by atoms with van der Waals surface area (Å²) in [7, 11) is -2.06. The first-order valence-corrected chi connectivity index (χ1v) is 8.30. The van der Waals surface area contributed by atoms with Crippen LogP contribution in [0.2, 0.25) is 0 Å². The van der Waals surface area contributed by atoms with Gasteiger partial charge in [-0.1, -0.05) is 6.42 Å². The third-order valence-corrected chi connectivity index (χ3v) is 5.05. The zero-order chi connectivity index (χ0) is 14.6. The molecule has 1 aliphatic heterocycles. The fourth-order valence-corrected chi connectivity index (χ4v) is 3.10. The SMILES string of the molecule is CNS(=O)(=O)c1ccc(N2CCCCC(CO)C2)nc1. The van der Waals surface area contributed by atoms with Crippen molar-refractivity contribution in [3.05, 3.63) is 18.3 Å². The Morgan fingerprint density at radius 1 is 1.45 bits per heavy atom. The summed E-state index contributed by atoms with van der Waals surface area (Å²) in [6, 6.07) is 3.29. The number of sulfonamides is 1. The molecule has 6 nitrogen and oxygen atoms in total. The molecule has 1 saturated heterocycles. The van der Waals surface area contributed by atoms with Gasteiger partial charge in [-0.15, -0.1) is 0 Å². The number of pyridine rings is 1. The third kappa shape index (κ3) is 3.47. The Morgan fingerprint density at radius 2 is 2.25 bits per heavy atom. The van der Waals surface area contributed by atoms with Gasteiger partial charge in [-0.2, -0.15) is 0 Å². The maximum absolute atomic E-state index is 11.6. The molecule has 1 unspecified atom stereocenters. The second-order valence-corrected chi connectivity index (χ2v) is 6.94. The molecular weight excluding hydrogens is 278 g/mol. The Labute approximate surface area is 119 Å². The minimum absolute atomic E-state index is 0.164. The minimum Gasteiger partial charge on any atom is -0.396 e. The highest BCUT2D eigenvalue weighted by Crippen LogP contribution is 2.21. The molecule has 1 aromatic heterocycles. The second kappa shape index (κ2) is 6.51. The van der Waals surface area contributed by atoms with Crippen LogP contribution in [0.4, 0.5) is 5.82 Å². The highest BCUT2D eigenvalue weighted by Gasteiger charge is 2.19. The van der Waals surface area contributed by atoms with E-state index < -0.39 is 10.0 Å². The lowest BCUT2D eigenvalue weighted by Crippen LogP contribution is -2.30. The number of anilines is 1. The Balaban J connectivity index is 2.16. The third-order valence-electron chi connectivity index (χ3n) is 3.65. The van der Waals surface area contributed by atoms with Crippen LogP contribution in [0.1, 0.15) is 19.3 Å². The van der Waals surface area contributed by atoms with Crippen LogP contribution in [0.25, 0.3) is 0 Å². The van der Waals surface area contributed by atoms with E-state index in [9.17, 15) is 13.5 Å². The van der Waals surface area contributed by atoms with Crippen molar-refractivity contribution in [1.82, 2.24) is 9.71 Å². The van der Waals surface area contributed by atoms with Gasteiger partial charge in [-0.3, -0.25) is 0 Å². The van der Waals surface area contributed by atoms with Crippen LogP contribution < -0.4 is 9.62 Å². The van der Waals surface area contributed by atoms with Crippen LogP contribution in [0.3, 0.4) is 0 Å². The van der Waals surface area contributed by atoms with Crippen molar-refractivity contribution in [3.63, 3.8) is 0 Å². The topological polar surface area (TPSA) is 82.5 Å². The van der Waals surface area contributed by atoms with Crippen LogP contribution >= 0.6 is 0 Å². The maximum Gasteiger partial charge on any atom is 0.241 e. The van der Waals surface area contributed by atoms with Gasteiger partial charge >= 0.3 is 0 Å². The van der Waals surface area contributed by atoms with Gasteiger partial charge < -0.3 is 10.0 Å². The van der Waals surface area contributed by atoms with E-state index in [1.54, 1.807) is 12.1 Å². The van der Waals surface area contributed by atoms with Crippen molar-refractivity contribution < 1.29 is 13.5 Å². The van der Waals surface area contributed by atoms with Gasteiger partial charge in [-0.05, 0) is 37.9 Å². The Bertz CT molecular complexity index is 530. The van der Waals surface area contributed by atoms with Crippen LogP contribution in [0.15, 0.2) is 23.2 Å². The van der Waals surface area contributed by atoms with Crippen molar-refractivity contribution in [2.24, 2.45) is 5.92 Å². The number of hydrogen-bond donors (Lipinski definition) is 2. The molecule has 1 fully saturated rings. The predicted octanol–water partition coefficient (Wildman–Crippen LogP) is 0.588. The zero-order valence-corrected chi connectivity index (χ0v) is 12.4. The van der Waals surface area contributed by atoms with Crippen molar-refractivity contribution in [2.45, 2.75) is 24.2 Å². The van der Waals surface area contributed by atoms with Crippen molar-refractivity contribution in [3.8, 4) is 0 Å². The molecule has 0 saturated carbocycles. The molecular formula is C13H21N3O3S. The summed E-state index contributed by atoms with van der Waals surface area (Å²) in [4.78, 5) is 6.53. The summed E-state index contributed by atoms with van der Waals surface area (Å²) in [5.41, 5.74) is 0. The number of nitrogens with zero attached hydrogens (tertiary/aromatic N) is 2. The summed E-state index contributed by atoms with van der Waals surface area (Å²) in [6.07, 6.45) is 4.57. The van der Waals surface area contributed by atoms with Crippen molar-refractivity contribution in [1.29, 1.82) is 0 Å². The van der Waals surface area contributed by atoms with E-state index in [4.69, 9.17) is 0 Å². The molecule has 0 spiro atoms. The van der Waals surface area contributed by atoms with Gasteiger partial charge in [0.25, 0.3) is 0 Å². The van der Waals surface area contributed by atoms with Crippen LogP contribution in [0.5, 0.6) is 0 Å². The molecule has 20 heavy (non-hydrogen) atoms. The smallest absolute Gasteiger partial charge is 0.241 e. The summed E-state index contributed by atoms with van der Waals surface area (Å²) >= 11 is 0. The lowest BCUT2D eigenvalue weighted by atomic mass is 10.1. The van der Waals surface area contributed by atoms with E-state index in [0.29, 0.717) is 0 Å². The molecule has 2 rings (SSSR count). The summed E-state index contributed by atoms with van der Waals surface area (Å²) in [5, 5.41) is 9.33. The summed E-state index contributed by atoms with van der Waals surface area (Å²) < 4.78 is 25.6. The van der Waals surface area contributed by atoms with E-state index in [2.05, 4.69) is 14.6 Å². The second-order valence-electron chi connectivity index (χ2n) is 5.05. The molecule has 7 heteroatoms. The first-order chi connectivity index (χ1) is 9.56. The van der Waals surface area contributed by atoms with Gasteiger partial charge in [0.2, 0.25) is 10.0 Å². The molecule has 2 heterocycles. The Kier molecular flexibility index (Phi) is 4.95. The number of nitrogens with one attached hydrogen (secondary N) is 1. The number of rotatable bonds is 4. The zero-order valence-electron chi connectivity index (χ0n) is 11.6. The molecule has 2 N–H and O–H groups in total. The fourth-order valence-electron chi connectivity index (χ4n) is 2.42. The monoisotopic (exact) mass is 299 g/mol. The maximum atomic E-state index is 11.6.